The lowest BCUT2D eigenvalue weighted by atomic mass is 10.1. The predicted molar refractivity (Wildman–Crippen MR) is 117 cm³/mol. The summed E-state index contributed by atoms with van der Waals surface area (Å²) in [5.41, 5.74) is 2.31. The molecular formula is C22H15F3N4O2S2. The molecule has 0 saturated heterocycles. The van der Waals surface area contributed by atoms with Gasteiger partial charge in [-0.25, -0.2) is 23.1 Å². The fraction of sp³-hybridized carbons (Fsp3) is 0.182. The maximum atomic E-state index is 12.9. The molecule has 4 aromatic rings. The van der Waals surface area contributed by atoms with Gasteiger partial charge in [0.15, 0.2) is 5.65 Å². The number of fused-ring (bicyclic) bond motifs is 1. The van der Waals surface area contributed by atoms with Crippen molar-refractivity contribution in [1.82, 2.24) is 14.6 Å². The number of hydrogen-bond acceptors (Lipinski definition) is 5. The molecule has 6 nitrogen and oxygen atoms in total. The fourth-order valence-corrected chi connectivity index (χ4v) is 4.97. The van der Waals surface area contributed by atoms with Crippen molar-refractivity contribution in [3.63, 3.8) is 0 Å². The van der Waals surface area contributed by atoms with Crippen molar-refractivity contribution in [2.75, 3.05) is 0 Å². The molecule has 1 fully saturated rings. The highest BCUT2D eigenvalue weighted by molar-refractivity contribution is 7.91. The fourth-order valence-electron chi connectivity index (χ4n) is 3.39. The summed E-state index contributed by atoms with van der Waals surface area (Å²) >= 11 is 0.962. The van der Waals surface area contributed by atoms with Gasteiger partial charge in [0, 0.05) is 17.2 Å². The molecule has 11 heteroatoms. The topological polar surface area (TPSA) is 90.4 Å². The SMILES string of the molecule is NS(=O)(=O)c1ccc(C#Cc2cnn3c(C4CC4)cc(-c4ccc(C(F)(F)F)cc4)nc23)s1. The lowest BCUT2D eigenvalue weighted by Gasteiger charge is -2.10. The van der Waals surface area contributed by atoms with Crippen molar-refractivity contribution in [2.45, 2.75) is 29.1 Å². The third-order valence-corrected chi connectivity index (χ3v) is 7.62. The van der Waals surface area contributed by atoms with Gasteiger partial charge in [0.05, 0.1) is 27.9 Å². The van der Waals surface area contributed by atoms with E-state index in [-0.39, 0.29) is 4.21 Å². The van der Waals surface area contributed by atoms with Gasteiger partial charge in [-0.1, -0.05) is 24.0 Å². The van der Waals surface area contributed by atoms with E-state index in [1.165, 1.54) is 18.2 Å². The highest BCUT2D eigenvalue weighted by atomic mass is 32.2. The van der Waals surface area contributed by atoms with Gasteiger partial charge in [-0.2, -0.15) is 18.3 Å². The van der Waals surface area contributed by atoms with Gasteiger partial charge < -0.3 is 0 Å². The molecule has 0 bridgehead atoms. The number of rotatable bonds is 3. The Morgan fingerprint density at radius 2 is 1.82 bits per heavy atom. The van der Waals surface area contributed by atoms with Gasteiger partial charge in [0.1, 0.15) is 4.21 Å². The van der Waals surface area contributed by atoms with Crippen molar-refractivity contribution in [2.24, 2.45) is 5.14 Å². The summed E-state index contributed by atoms with van der Waals surface area (Å²) in [6.07, 6.45) is -0.837. The molecule has 1 aliphatic rings. The summed E-state index contributed by atoms with van der Waals surface area (Å²) in [5, 5.41) is 9.55. The van der Waals surface area contributed by atoms with Gasteiger partial charge in [-0.3, -0.25) is 0 Å². The van der Waals surface area contributed by atoms with E-state index in [1.807, 2.05) is 6.07 Å². The lowest BCUT2D eigenvalue weighted by Crippen LogP contribution is -2.09. The van der Waals surface area contributed by atoms with Crippen molar-refractivity contribution in [3.05, 3.63) is 70.4 Å². The van der Waals surface area contributed by atoms with Gasteiger partial charge in [0.25, 0.3) is 0 Å². The van der Waals surface area contributed by atoms with Crippen molar-refractivity contribution in [3.8, 4) is 23.1 Å². The van der Waals surface area contributed by atoms with Crippen LogP contribution in [0.5, 0.6) is 0 Å². The van der Waals surface area contributed by atoms with Crippen LogP contribution in [0.2, 0.25) is 0 Å². The van der Waals surface area contributed by atoms with Gasteiger partial charge in [-0.15, -0.1) is 11.3 Å². The number of benzene rings is 1. The van der Waals surface area contributed by atoms with E-state index in [0.29, 0.717) is 33.3 Å². The predicted octanol–water partition coefficient (Wildman–Crippen LogP) is 4.40. The molecule has 33 heavy (non-hydrogen) atoms. The molecule has 168 valence electrons. The average molecular weight is 489 g/mol. The largest absolute Gasteiger partial charge is 0.416 e. The Morgan fingerprint density at radius 1 is 1.09 bits per heavy atom. The zero-order valence-corrected chi connectivity index (χ0v) is 18.4. The lowest BCUT2D eigenvalue weighted by molar-refractivity contribution is -0.137. The number of alkyl halides is 3. The minimum atomic E-state index is -4.41. The molecule has 1 saturated carbocycles. The quantitative estimate of drug-likeness (QED) is 0.433. The third kappa shape index (κ3) is 4.37. The van der Waals surface area contributed by atoms with Crippen LogP contribution in [-0.4, -0.2) is 23.0 Å². The van der Waals surface area contributed by atoms with Crippen LogP contribution in [0.1, 0.15) is 40.5 Å². The smallest absolute Gasteiger partial charge is 0.227 e. The van der Waals surface area contributed by atoms with E-state index in [2.05, 4.69) is 21.9 Å². The van der Waals surface area contributed by atoms with Crippen LogP contribution in [0, 0.1) is 11.8 Å². The molecule has 3 aromatic heterocycles. The monoisotopic (exact) mass is 488 g/mol. The highest BCUT2D eigenvalue weighted by Crippen LogP contribution is 2.41. The number of halogens is 3. The Hall–Kier alpha value is -3.20. The number of hydrogen-bond donors (Lipinski definition) is 1. The number of thiophene rings is 1. The molecule has 1 aliphatic carbocycles. The van der Waals surface area contributed by atoms with E-state index in [9.17, 15) is 21.6 Å². The molecule has 0 atom stereocenters. The number of sulfonamides is 1. The summed E-state index contributed by atoms with van der Waals surface area (Å²) in [4.78, 5) is 5.14. The molecule has 5 rings (SSSR count). The summed E-state index contributed by atoms with van der Waals surface area (Å²) in [6, 6.07) is 9.70. The molecule has 0 aliphatic heterocycles. The number of primary sulfonamides is 1. The molecule has 1 aromatic carbocycles. The summed E-state index contributed by atoms with van der Waals surface area (Å²) in [7, 11) is -3.79. The molecular weight excluding hydrogens is 473 g/mol. The van der Waals surface area contributed by atoms with Crippen molar-refractivity contribution >= 4 is 27.0 Å². The van der Waals surface area contributed by atoms with E-state index < -0.39 is 21.8 Å². The maximum Gasteiger partial charge on any atom is 0.416 e. The van der Waals surface area contributed by atoms with Crippen LogP contribution in [-0.2, 0) is 16.2 Å². The standard InChI is InChI=1S/C22H15F3N4O2S2/c23-22(24,25)16-6-3-13(4-7-16)18-11-19(14-1-2-14)29-21(28-18)15(12-27-29)5-8-17-9-10-20(32-17)33(26,30)31/h3-4,6-7,9-12,14H,1-2H2,(H2,26,30,31). The number of aromatic nitrogens is 3. The second-order valence-electron chi connectivity index (χ2n) is 7.62. The minimum absolute atomic E-state index is 0.0189. The van der Waals surface area contributed by atoms with Gasteiger partial charge in [-0.05, 0) is 43.2 Å². The zero-order chi connectivity index (χ0) is 23.4. The summed E-state index contributed by atoms with van der Waals surface area (Å²) in [5.74, 6) is 6.19. The van der Waals surface area contributed by atoms with Crippen molar-refractivity contribution in [1.29, 1.82) is 0 Å². The number of nitrogens with zero attached hydrogens (tertiary/aromatic N) is 3. The van der Waals surface area contributed by atoms with Crippen LogP contribution in [0.4, 0.5) is 13.2 Å². The second-order valence-corrected chi connectivity index (χ2v) is 10.5. The minimum Gasteiger partial charge on any atom is -0.227 e. The Kier molecular flexibility index (Phi) is 5.04. The van der Waals surface area contributed by atoms with Crippen LogP contribution in [0.25, 0.3) is 16.9 Å². The zero-order valence-electron chi connectivity index (χ0n) is 16.8. The van der Waals surface area contributed by atoms with E-state index >= 15 is 0 Å². The molecule has 0 unspecified atom stereocenters. The Labute approximate surface area is 190 Å². The summed E-state index contributed by atoms with van der Waals surface area (Å²) in [6.45, 7) is 0. The van der Waals surface area contributed by atoms with Gasteiger partial charge >= 0.3 is 6.18 Å². The first-order chi connectivity index (χ1) is 15.6. The summed E-state index contributed by atoms with van der Waals surface area (Å²) < 4.78 is 63.4. The van der Waals surface area contributed by atoms with E-state index in [0.717, 1.165) is 42.0 Å². The first-order valence-electron chi connectivity index (χ1n) is 9.80. The highest BCUT2D eigenvalue weighted by Gasteiger charge is 2.31. The van der Waals surface area contributed by atoms with Crippen LogP contribution in [0.15, 0.2) is 52.9 Å². The average Bonchev–Trinajstić information content (AvgIpc) is 3.34. The van der Waals surface area contributed by atoms with Crippen LogP contribution in [0.3, 0.4) is 0 Å². The van der Waals surface area contributed by atoms with E-state index in [4.69, 9.17) is 5.14 Å². The third-order valence-electron chi connectivity index (χ3n) is 5.19. The molecule has 0 radical (unpaired) electrons. The van der Waals surface area contributed by atoms with Crippen LogP contribution < -0.4 is 5.14 Å². The molecule has 0 amide bonds. The van der Waals surface area contributed by atoms with Crippen LogP contribution >= 0.6 is 11.3 Å². The first kappa shape index (κ1) is 21.6. The maximum absolute atomic E-state index is 12.9. The Morgan fingerprint density at radius 3 is 2.42 bits per heavy atom. The number of nitrogens with two attached hydrogens (primary N) is 1. The Bertz CT molecular complexity index is 1540. The first-order valence-corrected chi connectivity index (χ1v) is 12.2. The normalized spacial score (nSPS) is 14.3. The molecule has 3 heterocycles. The molecule has 0 spiro atoms. The Balaban J connectivity index is 1.57. The molecule has 2 N–H and O–H groups in total. The van der Waals surface area contributed by atoms with Crippen molar-refractivity contribution < 1.29 is 21.6 Å². The van der Waals surface area contributed by atoms with E-state index in [1.54, 1.807) is 16.8 Å². The van der Waals surface area contributed by atoms with Gasteiger partial charge in [0.2, 0.25) is 10.0 Å². The second kappa shape index (κ2) is 7.69.